The molecule has 1 fully saturated rings. The molecule has 1 saturated heterocycles. The molecule has 1 heterocycles. The zero-order chi connectivity index (χ0) is 13.7. The van der Waals surface area contributed by atoms with Crippen LogP contribution in [0.2, 0.25) is 0 Å². The number of methoxy groups -OCH3 is 1. The molecular weight excluding hydrogens is 245 g/mol. The fraction of sp³-hybridized carbons (Fsp3) is 0.600. The van der Waals surface area contributed by atoms with Crippen molar-refractivity contribution >= 4 is 0 Å². The van der Waals surface area contributed by atoms with Crippen molar-refractivity contribution in [2.75, 3.05) is 20.8 Å². The van der Waals surface area contributed by atoms with Gasteiger partial charge < -0.3 is 14.8 Å². The minimum atomic E-state index is -0.229. The van der Waals surface area contributed by atoms with Crippen molar-refractivity contribution in [3.05, 3.63) is 29.6 Å². The summed E-state index contributed by atoms with van der Waals surface area (Å²) in [5.74, 6) is 0.501. The largest absolute Gasteiger partial charge is 0.496 e. The molecule has 1 N–H and O–H groups in total. The summed E-state index contributed by atoms with van der Waals surface area (Å²) in [5.41, 5.74) is 0.878. The van der Waals surface area contributed by atoms with Gasteiger partial charge in [0.2, 0.25) is 0 Å². The summed E-state index contributed by atoms with van der Waals surface area (Å²) in [7, 11) is 3.51. The maximum atomic E-state index is 13.4. The Labute approximate surface area is 114 Å². The van der Waals surface area contributed by atoms with Gasteiger partial charge in [0.05, 0.1) is 13.2 Å². The first-order valence-electron chi connectivity index (χ1n) is 6.87. The number of hydrogen-bond acceptors (Lipinski definition) is 3. The lowest BCUT2D eigenvalue weighted by Crippen LogP contribution is -2.19. The molecule has 2 unspecified atom stereocenters. The lowest BCUT2D eigenvalue weighted by molar-refractivity contribution is 0.0997. The predicted octanol–water partition coefficient (Wildman–Crippen LogP) is 3.05. The molecule has 3 nitrogen and oxygen atoms in total. The zero-order valence-electron chi connectivity index (χ0n) is 11.6. The molecule has 0 aliphatic carbocycles. The second-order valence-electron chi connectivity index (χ2n) is 4.94. The second kappa shape index (κ2) is 6.87. The molecule has 0 radical (unpaired) electrons. The highest BCUT2D eigenvalue weighted by Crippen LogP contribution is 2.30. The summed E-state index contributed by atoms with van der Waals surface area (Å²) in [6.07, 6.45) is 4.55. The molecule has 106 valence electrons. The molecule has 0 amide bonds. The fourth-order valence-corrected chi connectivity index (χ4v) is 2.66. The van der Waals surface area contributed by atoms with Crippen LogP contribution in [0.5, 0.6) is 5.75 Å². The number of ether oxygens (including phenoxy) is 2. The van der Waals surface area contributed by atoms with E-state index in [1.54, 1.807) is 19.2 Å². The van der Waals surface area contributed by atoms with Crippen LogP contribution in [0.1, 0.15) is 37.3 Å². The van der Waals surface area contributed by atoms with Crippen molar-refractivity contribution < 1.29 is 13.9 Å². The quantitative estimate of drug-likeness (QED) is 0.859. The summed E-state index contributed by atoms with van der Waals surface area (Å²) in [4.78, 5) is 0. The second-order valence-corrected chi connectivity index (χ2v) is 4.94. The Morgan fingerprint density at radius 3 is 3.00 bits per heavy atom. The lowest BCUT2D eigenvalue weighted by Gasteiger charge is -2.21. The molecule has 0 spiro atoms. The van der Waals surface area contributed by atoms with Crippen LogP contribution >= 0.6 is 0 Å². The molecule has 1 aliphatic heterocycles. The van der Waals surface area contributed by atoms with E-state index in [1.165, 1.54) is 6.07 Å². The normalized spacial score (nSPS) is 20.5. The van der Waals surface area contributed by atoms with Gasteiger partial charge in [-0.25, -0.2) is 4.39 Å². The van der Waals surface area contributed by atoms with Crippen LogP contribution in [0, 0.1) is 5.82 Å². The Bertz CT molecular complexity index is 405. The molecule has 2 rings (SSSR count). The van der Waals surface area contributed by atoms with Crippen LogP contribution in [-0.4, -0.2) is 26.9 Å². The van der Waals surface area contributed by atoms with Gasteiger partial charge in [0.15, 0.2) is 0 Å². The van der Waals surface area contributed by atoms with Crippen molar-refractivity contribution in [2.24, 2.45) is 0 Å². The molecule has 1 aromatic carbocycles. The van der Waals surface area contributed by atoms with Crippen LogP contribution in [0.3, 0.4) is 0 Å². The van der Waals surface area contributed by atoms with Crippen LogP contribution < -0.4 is 10.1 Å². The molecule has 0 bridgehead atoms. The lowest BCUT2D eigenvalue weighted by atomic mass is 9.98. The van der Waals surface area contributed by atoms with E-state index in [-0.39, 0.29) is 11.9 Å². The molecule has 19 heavy (non-hydrogen) atoms. The first-order chi connectivity index (χ1) is 9.24. The number of benzene rings is 1. The first-order valence-corrected chi connectivity index (χ1v) is 6.87. The third kappa shape index (κ3) is 3.67. The fourth-order valence-electron chi connectivity index (χ4n) is 2.66. The van der Waals surface area contributed by atoms with Crippen LogP contribution in [-0.2, 0) is 4.74 Å². The van der Waals surface area contributed by atoms with Gasteiger partial charge in [0.1, 0.15) is 11.6 Å². The van der Waals surface area contributed by atoms with Gasteiger partial charge >= 0.3 is 0 Å². The molecule has 1 aliphatic rings. The molecular formula is C15H22FNO2. The van der Waals surface area contributed by atoms with Crippen molar-refractivity contribution in [3.63, 3.8) is 0 Å². The van der Waals surface area contributed by atoms with Crippen molar-refractivity contribution in [1.29, 1.82) is 0 Å². The topological polar surface area (TPSA) is 30.5 Å². The predicted molar refractivity (Wildman–Crippen MR) is 73.0 cm³/mol. The highest BCUT2D eigenvalue weighted by Gasteiger charge is 2.20. The van der Waals surface area contributed by atoms with E-state index in [0.29, 0.717) is 6.10 Å². The monoisotopic (exact) mass is 267 g/mol. The van der Waals surface area contributed by atoms with Crippen LogP contribution in [0.25, 0.3) is 0 Å². The minimum absolute atomic E-state index is 0.0925. The van der Waals surface area contributed by atoms with E-state index in [0.717, 1.165) is 43.6 Å². The highest BCUT2D eigenvalue weighted by molar-refractivity contribution is 5.36. The Morgan fingerprint density at radius 1 is 1.53 bits per heavy atom. The summed E-state index contributed by atoms with van der Waals surface area (Å²) >= 11 is 0. The Hall–Kier alpha value is -1.13. The number of halogens is 1. The minimum Gasteiger partial charge on any atom is -0.496 e. The zero-order valence-corrected chi connectivity index (χ0v) is 11.6. The summed E-state index contributed by atoms with van der Waals surface area (Å²) in [6, 6.07) is 4.75. The van der Waals surface area contributed by atoms with Crippen molar-refractivity contribution in [2.45, 2.75) is 37.8 Å². The van der Waals surface area contributed by atoms with E-state index >= 15 is 0 Å². The summed E-state index contributed by atoms with van der Waals surface area (Å²) in [5, 5.41) is 3.24. The average molecular weight is 267 g/mol. The van der Waals surface area contributed by atoms with Crippen molar-refractivity contribution in [3.8, 4) is 5.75 Å². The molecule has 0 aromatic heterocycles. The Morgan fingerprint density at radius 2 is 2.37 bits per heavy atom. The molecule has 4 heteroatoms. The van der Waals surface area contributed by atoms with Crippen LogP contribution in [0.15, 0.2) is 18.2 Å². The molecule has 0 saturated carbocycles. The van der Waals surface area contributed by atoms with E-state index < -0.39 is 0 Å². The third-order valence-electron chi connectivity index (χ3n) is 3.72. The van der Waals surface area contributed by atoms with Gasteiger partial charge in [-0.2, -0.15) is 0 Å². The van der Waals surface area contributed by atoms with Gasteiger partial charge in [-0.3, -0.25) is 0 Å². The Balaban J connectivity index is 2.05. The maximum absolute atomic E-state index is 13.4. The number of hydrogen-bond donors (Lipinski definition) is 1. The van der Waals surface area contributed by atoms with Gasteiger partial charge in [0, 0.05) is 18.2 Å². The Kier molecular flexibility index (Phi) is 5.16. The van der Waals surface area contributed by atoms with E-state index in [4.69, 9.17) is 9.47 Å². The van der Waals surface area contributed by atoms with Gasteiger partial charge in [-0.1, -0.05) is 0 Å². The van der Waals surface area contributed by atoms with Crippen LogP contribution in [0.4, 0.5) is 4.39 Å². The van der Waals surface area contributed by atoms with E-state index in [2.05, 4.69) is 5.32 Å². The van der Waals surface area contributed by atoms with E-state index in [1.807, 2.05) is 7.05 Å². The smallest absolute Gasteiger partial charge is 0.123 e. The summed E-state index contributed by atoms with van der Waals surface area (Å²) < 4.78 is 24.4. The first kappa shape index (κ1) is 14.3. The average Bonchev–Trinajstić information content (AvgIpc) is 2.93. The highest BCUT2D eigenvalue weighted by atomic mass is 19.1. The van der Waals surface area contributed by atoms with E-state index in [9.17, 15) is 4.39 Å². The third-order valence-corrected chi connectivity index (χ3v) is 3.72. The maximum Gasteiger partial charge on any atom is 0.123 e. The number of rotatable bonds is 6. The summed E-state index contributed by atoms with van der Waals surface area (Å²) in [6.45, 7) is 0.873. The van der Waals surface area contributed by atoms with Gasteiger partial charge in [-0.05, 0) is 50.9 Å². The molecule has 2 atom stereocenters. The van der Waals surface area contributed by atoms with Crippen molar-refractivity contribution in [1.82, 2.24) is 5.32 Å². The SMILES string of the molecule is CNC(CCC1CCCO1)c1cc(F)ccc1OC. The van der Waals surface area contributed by atoms with Gasteiger partial charge in [-0.15, -0.1) is 0 Å². The number of nitrogens with one attached hydrogen (secondary N) is 1. The molecule has 1 aromatic rings. The van der Waals surface area contributed by atoms with Gasteiger partial charge in [0.25, 0.3) is 0 Å². The standard InChI is InChI=1S/C15H22FNO2/c1-17-14(7-6-12-4-3-9-19-12)13-10-11(16)5-8-15(13)18-2/h5,8,10,12,14,17H,3-4,6-7,9H2,1-2H3.